The summed E-state index contributed by atoms with van der Waals surface area (Å²) < 4.78 is 9.52. The lowest BCUT2D eigenvalue weighted by molar-refractivity contribution is -0.384. The molecule has 9 nitrogen and oxygen atoms in total. The molecule has 1 aromatic rings. The number of benzene rings is 1. The Morgan fingerprint density at radius 1 is 1.17 bits per heavy atom. The number of nitrogens with one attached hydrogen (secondary N) is 1. The summed E-state index contributed by atoms with van der Waals surface area (Å²) in [6.45, 7) is 4.62. The Morgan fingerprint density at radius 2 is 1.75 bits per heavy atom. The van der Waals surface area contributed by atoms with Crippen LogP contribution < -0.4 is 5.32 Å². The van der Waals surface area contributed by atoms with Crippen molar-refractivity contribution >= 4 is 23.5 Å². The molecule has 0 spiro atoms. The summed E-state index contributed by atoms with van der Waals surface area (Å²) in [7, 11) is 1.11. The van der Waals surface area contributed by atoms with Crippen molar-refractivity contribution in [1.82, 2.24) is 5.32 Å². The quantitative estimate of drug-likeness (QED) is 0.489. The molecule has 0 saturated heterocycles. The zero-order chi connectivity index (χ0) is 18.5. The zero-order valence-corrected chi connectivity index (χ0v) is 13.7. The SMILES string of the molecule is COC(=O)c1cc(C(=O)NCC(=O)OC(C)(C)C)cc([N+](=O)[O-])c1. The molecule has 0 saturated carbocycles. The van der Waals surface area contributed by atoms with Crippen LogP contribution in [0.5, 0.6) is 0 Å². The highest BCUT2D eigenvalue weighted by Gasteiger charge is 2.20. The van der Waals surface area contributed by atoms with Gasteiger partial charge in [0.1, 0.15) is 12.1 Å². The first-order chi connectivity index (χ1) is 11.0. The molecule has 0 atom stereocenters. The number of hydrogen-bond acceptors (Lipinski definition) is 7. The van der Waals surface area contributed by atoms with Crippen molar-refractivity contribution in [2.24, 2.45) is 0 Å². The number of esters is 2. The van der Waals surface area contributed by atoms with E-state index in [1.165, 1.54) is 0 Å². The van der Waals surface area contributed by atoms with Gasteiger partial charge in [-0.2, -0.15) is 0 Å². The first-order valence-electron chi connectivity index (χ1n) is 6.91. The lowest BCUT2D eigenvalue weighted by Gasteiger charge is -2.19. The van der Waals surface area contributed by atoms with Gasteiger partial charge < -0.3 is 14.8 Å². The van der Waals surface area contributed by atoms with Gasteiger partial charge in [-0.1, -0.05) is 0 Å². The molecule has 0 fully saturated rings. The number of rotatable bonds is 5. The summed E-state index contributed by atoms with van der Waals surface area (Å²) in [5.41, 5.74) is -1.44. The minimum absolute atomic E-state index is 0.144. The first kappa shape index (κ1) is 19.1. The monoisotopic (exact) mass is 338 g/mol. The van der Waals surface area contributed by atoms with Crippen LogP contribution in [0.3, 0.4) is 0 Å². The highest BCUT2D eigenvalue weighted by Crippen LogP contribution is 2.18. The number of ether oxygens (including phenoxy) is 2. The molecule has 1 aromatic carbocycles. The summed E-state index contributed by atoms with van der Waals surface area (Å²) in [6.07, 6.45) is 0. The van der Waals surface area contributed by atoms with Crippen LogP contribution in [0.15, 0.2) is 18.2 Å². The van der Waals surface area contributed by atoms with Crippen LogP contribution in [0.4, 0.5) is 5.69 Å². The minimum Gasteiger partial charge on any atom is -0.465 e. The molecule has 0 aliphatic rings. The number of methoxy groups -OCH3 is 1. The van der Waals surface area contributed by atoms with E-state index < -0.39 is 40.6 Å². The van der Waals surface area contributed by atoms with Gasteiger partial charge in [-0.3, -0.25) is 19.7 Å². The number of non-ortho nitro benzene ring substituents is 1. The molecule has 130 valence electrons. The molecule has 0 bridgehead atoms. The average Bonchev–Trinajstić information content (AvgIpc) is 2.49. The van der Waals surface area contributed by atoms with E-state index >= 15 is 0 Å². The van der Waals surface area contributed by atoms with Gasteiger partial charge in [-0.15, -0.1) is 0 Å². The van der Waals surface area contributed by atoms with Gasteiger partial charge in [-0.05, 0) is 26.8 Å². The largest absolute Gasteiger partial charge is 0.465 e. The molecule has 24 heavy (non-hydrogen) atoms. The smallest absolute Gasteiger partial charge is 0.338 e. The third kappa shape index (κ3) is 5.67. The van der Waals surface area contributed by atoms with Crippen molar-refractivity contribution in [2.45, 2.75) is 26.4 Å². The Morgan fingerprint density at radius 3 is 2.25 bits per heavy atom. The van der Waals surface area contributed by atoms with E-state index in [0.717, 1.165) is 25.3 Å². The average molecular weight is 338 g/mol. The number of amides is 1. The Balaban J connectivity index is 2.93. The third-order valence-corrected chi connectivity index (χ3v) is 2.63. The maximum atomic E-state index is 12.1. The Kier molecular flexibility index (Phi) is 5.99. The van der Waals surface area contributed by atoms with E-state index in [-0.39, 0.29) is 11.1 Å². The number of carbonyl (C=O) groups excluding carboxylic acids is 3. The van der Waals surface area contributed by atoms with Crippen LogP contribution in [0.1, 0.15) is 41.5 Å². The molecule has 0 radical (unpaired) electrons. The van der Waals surface area contributed by atoms with E-state index in [4.69, 9.17) is 4.74 Å². The molecule has 0 aromatic heterocycles. The second-order valence-corrected chi connectivity index (χ2v) is 5.79. The fourth-order valence-electron chi connectivity index (χ4n) is 1.72. The highest BCUT2D eigenvalue weighted by atomic mass is 16.6. The molecule has 0 heterocycles. The topological polar surface area (TPSA) is 125 Å². The van der Waals surface area contributed by atoms with E-state index in [2.05, 4.69) is 10.1 Å². The van der Waals surface area contributed by atoms with Gasteiger partial charge in [0.15, 0.2) is 0 Å². The standard InChI is InChI=1S/C15H18N2O7/c1-15(2,3)24-12(18)8-16-13(19)9-5-10(14(20)23-4)7-11(6-9)17(21)22/h5-7H,8H2,1-4H3,(H,16,19). The van der Waals surface area contributed by atoms with Crippen LogP contribution in [-0.2, 0) is 14.3 Å². The predicted octanol–water partition coefficient (Wildman–Crippen LogP) is 1.45. The molecule has 0 aliphatic heterocycles. The Labute approximate surface area is 138 Å². The summed E-state index contributed by atoms with van der Waals surface area (Å²) in [5, 5.41) is 13.2. The summed E-state index contributed by atoms with van der Waals surface area (Å²) >= 11 is 0. The van der Waals surface area contributed by atoms with Crippen LogP contribution in [-0.4, -0.2) is 42.0 Å². The lowest BCUT2D eigenvalue weighted by atomic mass is 10.1. The van der Waals surface area contributed by atoms with E-state index in [0.29, 0.717) is 0 Å². The normalized spacial score (nSPS) is 10.7. The second-order valence-electron chi connectivity index (χ2n) is 5.79. The Hall–Kier alpha value is -2.97. The number of nitrogens with zero attached hydrogens (tertiary/aromatic N) is 1. The molecule has 1 amide bonds. The second kappa shape index (κ2) is 7.53. The van der Waals surface area contributed by atoms with Gasteiger partial charge in [0, 0.05) is 17.7 Å². The van der Waals surface area contributed by atoms with Crippen molar-refractivity contribution in [1.29, 1.82) is 0 Å². The molecule has 9 heteroatoms. The summed E-state index contributed by atoms with van der Waals surface area (Å²) in [4.78, 5) is 45.3. The number of hydrogen-bond donors (Lipinski definition) is 1. The van der Waals surface area contributed by atoms with Crippen LogP contribution in [0.25, 0.3) is 0 Å². The third-order valence-electron chi connectivity index (χ3n) is 2.63. The van der Waals surface area contributed by atoms with Crippen molar-refractivity contribution in [2.75, 3.05) is 13.7 Å². The van der Waals surface area contributed by atoms with Gasteiger partial charge >= 0.3 is 11.9 Å². The summed E-state index contributed by atoms with van der Waals surface area (Å²) in [6, 6.07) is 3.14. The maximum absolute atomic E-state index is 12.1. The van der Waals surface area contributed by atoms with Gasteiger partial charge in [0.05, 0.1) is 17.6 Å². The van der Waals surface area contributed by atoms with Gasteiger partial charge in [-0.25, -0.2) is 4.79 Å². The van der Waals surface area contributed by atoms with Crippen molar-refractivity contribution in [3.63, 3.8) is 0 Å². The Bertz CT molecular complexity index is 677. The van der Waals surface area contributed by atoms with E-state index in [1.54, 1.807) is 20.8 Å². The van der Waals surface area contributed by atoms with E-state index in [9.17, 15) is 24.5 Å². The van der Waals surface area contributed by atoms with Crippen LogP contribution in [0.2, 0.25) is 0 Å². The van der Waals surface area contributed by atoms with Gasteiger partial charge in [0.2, 0.25) is 0 Å². The molecule has 1 N–H and O–H groups in total. The lowest BCUT2D eigenvalue weighted by Crippen LogP contribution is -2.34. The molecular weight excluding hydrogens is 320 g/mol. The fraction of sp³-hybridized carbons (Fsp3) is 0.400. The highest BCUT2D eigenvalue weighted by molar-refractivity contribution is 5.99. The van der Waals surface area contributed by atoms with Crippen molar-refractivity contribution in [3.8, 4) is 0 Å². The van der Waals surface area contributed by atoms with Crippen LogP contribution in [0, 0.1) is 10.1 Å². The van der Waals surface area contributed by atoms with E-state index in [1.807, 2.05) is 0 Å². The van der Waals surface area contributed by atoms with Crippen LogP contribution >= 0.6 is 0 Å². The summed E-state index contributed by atoms with van der Waals surface area (Å²) in [5.74, 6) is -2.23. The molecule has 0 aliphatic carbocycles. The van der Waals surface area contributed by atoms with Gasteiger partial charge in [0.25, 0.3) is 11.6 Å². The maximum Gasteiger partial charge on any atom is 0.338 e. The number of nitro groups is 1. The van der Waals surface area contributed by atoms with Crippen molar-refractivity contribution < 1.29 is 28.8 Å². The molecule has 0 unspecified atom stereocenters. The molecule has 1 rings (SSSR count). The first-order valence-corrected chi connectivity index (χ1v) is 6.91. The van der Waals surface area contributed by atoms with Crippen molar-refractivity contribution in [3.05, 3.63) is 39.4 Å². The fourth-order valence-corrected chi connectivity index (χ4v) is 1.72. The number of carbonyl (C=O) groups is 3. The zero-order valence-electron chi connectivity index (χ0n) is 13.7. The predicted molar refractivity (Wildman–Crippen MR) is 82.6 cm³/mol. The number of nitro benzene ring substituents is 1. The minimum atomic E-state index is -0.820. The molecular formula is C15H18N2O7.